The third-order valence-electron chi connectivity index (χ3n) is 2.68. The molecule has 0 saturated carbocycles. The van der Waals surface area contributed by atoms with Gasteiger partial charge in [0.25, 0.3) is 0 Å². The lowest BCUT2D eigenvalue weighted by Gasteiger charge is -2.18. The molecule has 0 amide bonds. The second-order valence-electron chi connectivity index (χ2n) is 3.98. The Hall–Kier alpha value is -1.28. The van der Waals surface area contributed by atoms with Gasteiger partial charge in [-0.2, -0.15) is 0 Å². The summed E-state index contributed by atoms with van der Waals surface area (Å²) in [6.45, 7) is 9.60. The molecule has 1 N–H and O–H groups in total. The zero-order valence-corrected chi connectivity index (χ0v) is 10.9. The average Bonchev–Trinajstić information content (AvgIpc) is 2.35. The van der Waals surface area contributed by atoms with Gasteiger partial charge in [-0.3, -0.25) is 0 Å². The van der Waals surface area contributed by atoms with Crippen LogP contribution < -0.4 is 10.1 Å². The van der Waals surface area contributed by atoms with Crippen LogP contribution in [0.15, 0.2) is 36.9 Å². The van der Waals surface area contributed by atoms with Crippen LogP contribution in [-0.2, 0) is 0 Å². The van der Waals surface area contributed by atoms with Crippen molar-refractivity contribution in [3.05, 3.63) is 42.5 Å². The molecule has 0 heterocycles. The zero-order chi connectivity index (χ0) is 12.5. The van der Waals surface area contributed by atoms with Crippen LogP contribution in [0.25, 0.3) is 0 Å². The molecular formula is C15H23NO. The lowest BCUT2D eigenvalue weighted by Crippen LogP contribution is -2.20. The highest BCUT2D eigenvalue weighted by molar-refractivity contribution is 5.30. The van der Waals surface area contributed by atoms with Crippen molar-refractivity contribution in [3.63, 3.8) is 0 Å². The summed E-state index contributed by atoms with van der Waals surface area (Å²) >= 11 is 0. The smallest absolute Gasteiger partial charge is 0.119 e. The first kappa shape index (κ1) is 13.8. The molecule has 0 aromatic heterocycles. The molecule has 0 aliphatic rings. The fourth-order valence-corrected chi connectivity index (χ4v) is 1.91. The second-order valence-corrected chi connectivity index (χ2v) is 3.98. The summed E-state index contributed by atoms with van der Waals surface area (Å²) in [6, 6.07) is 8.72. The number of benzene rings is 1. The standard InChI is InChI=1S/C15H23NO/c1-4-7-11-15(16-5-2)13-9-8-10-14(12-13)17-6-3/h4,8-10,12,15-16H,1,5-7,11H2,2-3H3. The molecule has 0 aliphatic carbocycles. The summed E-state index contributed by atoms with van der Waals surface area (Å²) in [7, 11) is 0. The van der Waals surface area contributed by atoms with E-state index in [1.807, 2.05) is 19.1 Å². The van der Waals surface area contributed by atoms with Crippen molar-refractivity contribution in [1.82, 2.24) is 5.32 Å². The van der Waals surface area contributed by atoms with E-state index in [1.165, 1.54) is 5.56 Å². The summed E-state index contributed by atoms with van der Waals surface area (Å²) in [5.74, 6) is 0.950. The molecule has 0 aliphatic heterocycles. The Bertz CT molecular complexity index is 335. The highest BCUT2D eigenvalue weighted by Gasteiger charge is 2.09. The topological polar surface area (TPSA) is 21.3 Å². The van der Waals surface area contributed by atoms with Crippen molar-refractivity contribution in [2.75, 3.05) is 13.2 Å². The lowest BCUT2D eigenvalue weighted by atomic mass is 10.0. The minimum atomic E-state index is 0.387. The molecule has 1 unspecified atom stereocenters. The molecule has 2 heteroatoms. The minimum Gasteiger partial charge on any atom is -0.494 e. The normalized spacial score (nSPS) is 12.1. The molecule has 1 aromatic carbocycles. The molecule has 94 valence electrons. The van der Waals surface area contributed by atoms with E-state index in [4.69, 9.17) is 4.74 Å². The Labute approximate surface area is 105 Å². The van der Waals surface area contributed by atoms with Gasteiger partial charge in [-0.25, -0.2) is 0 Å². The van der Waals surface area contributed by atoms with Gasteiger partial charge in [0.2, 0.25) is 0 Å². The summed E-state index contributed by atoms with van der Waals surface area (Å²) in [5, 5.41) is 3.50. The molecule has 0 bridgehead atoms. The molecule has 2 nitrogen and oxygen atoms in total. The van der Waals surface area contributed by atoms with Crippen LogP contribution in [0.3, 0.4) is 0 Å². The van der Waals surface area contributed by atoms with E-state index < -0.39 is 0 Å². The van der Waals surface area contributed by atoms with E-state index in [-0.39, 0.29) is 0 Å². The number of rotatable bonds is 8. The monoisotopic (exact) mass is 233 g/mol. The maximum Gasteiger partial charge on any atom is 0.119 e. The van der Waals surface area contributed by atoms with Crippen LogP contribution in [-0.4, -0.2) is 13.2 Å². The largest absolute Gasteiger partial charge is 0.494 e. The molecule has 17 heavy (non-hydrogen) atoms. The lowest BCUT2D eigenvalue weighted by molar-refractivity contribution is 0.339. The van der Waals surface area contributed by atoms with Gasteiger partial charge in [-0.05, 0) is 44.0 Å². The molecular weight excluding hydrogens is 210 g/mol. The first-order chi connectivity index (χ1) is 8.31. The van der Waals surface area contributed by atoms with E-state index in [1.54, 1.807) is 0 Å². The Morgan fingerprint density at radius 1 is 1.41 bits per heavy atom. The molecule has 1 rings (SSSR count). The van der Waals surface area contributed by atoms with Gasteiger partial charge in [-0.1, -0.05) is 25.1 Å². The predicted molar refractivity (Wildman–Crippen MR) is 73.5 cm³/mol. The molecule has 0 radical (unpaired) electrons. The van der Waals surface area contributed by atoms with Crippen molar-refractivity contribution < 1.29 is 4.74 Å². The van der Waals surface area contributed by atoms with Crippen LogP contribution in [0.5, 0.6) is 5.75 Å². The number of ether oxygens (including phenoxy) is 1. The van der Waals surface area contributed by atoms with Gasteiger partial charge in [0, 0.05) is 6.04 Å². The van der Waals surface area contributed by atoms with Crippen molar-refractivity contribution in [2.24, 2.45) is 0 Å². The van der Waals surface area contributed by atoms with E-state index in [2.05, 4.69) is 37.0 Å². The molecule has 0 spiro atoms. The molecule has 1 atom stereocenters. The van der Waals surface area contributed by atoms with Gasteiger partial charge in [0.05, 0.1) is 6.61 Å². The van der Waals surface area contributed by atoms with Gasteiger partial charge in [0.1, 0.15) is 5.75 Å². The predicted octanol–water partition coefficient (Wildman–Crippen LogP) is 3.70. The van der Waals surface area contributed by atoms with Crippen molar-refractivity contribution in [1.29, 1.82) is 0 Å². The first-order valence-corrected chi connectivity index (χ1v) is 6.38. The molecule has 0 saturated heterocycles. The number of nitrogens with one attached hydrogen (secondary N) is 1. The van der Waals surface area contributed by atoms with E-state index >= 15 is 0 Å². The average molecular weight is 233 g/mol. The Balaban J connectivity index is 2.76. The fraction of sp³-hybridized carbons (Fsp3) is 0.467. The fourth-order valence-electron chi connectivity index (χ4n) is 1.91. The van der Waals surface area contributed by atoms with Gasteiger partial charge < -0.3 is 10.1 Å². The zero-order valence-electron chi connectivity index (χ0n) is 10.9. The highest BCUT2D eigenvalue weighted by Crippen LogP contribution is 2.23. The summed E-state index contributed by atoms with van der Waals surface area (Å²) in [6.07, 6.45) is 4.07. The first-order valence-electron chi connectivity index (χ1n) is 6.38. The van der Waals surface area contributed by atoms with Gasteiger partial charge in [-0.15, -0.1) is 6.58 Å². The van der Waals surface area contributed by atoms with Crippen LogP contribution >= 0.6 is 0 Å². The summed E-state index contributed by atoms with van der Waals surface area (Å²) < 4.78 is 5.53. The van der Waals surface area contributed by atoms with Crippen molar-refractivity contribution in [3.8, 4) is 5.75 Å². The molecule has 0 fully saturated rings. The molecule has 1 aromatic rings. The van der Waals surface area contributed by atoms with E-state index in [9.17, 15) is 0 Å². The highest BCUT2D eigenvalue weighted by atomic mass is 16.5. The SMILES string of the molecule is C=CCCC(NCC)c1cccc(OCC)c1. The second kappa shape index (κ2) is 7.91. The van der Waals surface area contributed by atoms with E-state index in [0.717, 1.165) is 25.1 Å². The van der Waals surface area contributed by atoms with E-state index in [0.29, 0.717) is 12.6 Å². The third kappa shape index (κ3) is 4.61. The Kier molecular flexibility index (Phi) is 6.41. The van der Waals surface area contributed by atoms with Crippen LogP contribution in [0.1, 0.15) is 38.3 Å². The maximum atomic E-state index is 5.53. The van der Waals surface area contributed by atoms with Crippen molar-refractivity contribution in [2.45, 2.75) is 32.7 Å². The minimum absolute atomic E-state index is 0.387. The summed E-state index contributed by atoms with van der Waals surface area (Å²) in [4.78, 5) is 0. The van der Waals surface area contributed by atoms with Gasteiger partial charge >= 0.3 is 0 Å². The number of allylic oxidation sites excluding steroid dienone is 1. The third-order valence-corrected chi connectivity index (χ3v) is 2.68. The maximum absolute atomic E-state index is 5.53. The van der Waals surface area contributed by atoms with Crippen LogP contribution in [0.2, 0.25) is 0 Å². The quantitative estimate of drug-likeness (QED) is 0.691. The number of hydrogen-bond acceptors (Lipinski definition) is 2. The Morgan fingerprint density at radius 2 is 2.24 bits per heavy atom. The van der Waals surface area contributed by atoms with Crippen LogP contribution in [0, 0.1) is 0 Å². The van der Waals surface area contributed by atoms with Crippen LogP contribution in [0.4, 0.5) is 0 Å². The van der Waals surface area contributed by atoms with Gasteiger partial charge in [0.15, 0.2) is 0 Å². The Morgan fingerprint density at radius 3 is 2.88 bits per heavy atom. The number of hydrogen-bond donors (Lipinski definition) is 1. The van der Waals surface area contributed by atoms with Crippen molar-refractivity contribution >= 4 is 0 Å². The summed E-state index contributed by atoms with van der Waals surface area (Å²) in [5.41, 5.74) is 1.29.